The highest BCUT2D eigenvalue weighted by Crippen LogP contribution is 2.33. The molecule has 0 bridgehead atoms. The van der Waals surface area contributed by atoms with Gasteiger partial charge in [0.15, 0.2) is 0 Å². The van der Waals surface area contributed by atoms with Gasteiger partial charge in [-0.1, -0.05) is 30.3 Å². The van der Waals surface area contributed by atoms with Crippen LogP contribution < -0.4 is 5.73 Å². The van der Waals surface area contributed by atoms with Crippen molar-refractivity contribution in [2.24, 2.45) is 5.73 Å². The Hall–Kier alpha value is -1.48. The number of rotatable bonds is 5. The lowest BCUT2D eigenvalue weighted by Gasteiger charge is -2.09. The van der Waals surface area contributed by atoms with E-state index in [-0.39, 0.29) is 0 Å². The fourth-order valence-electron chi connectivity index (χ4n) is 2.16. The Morgan fingerprint density at radius 3 is 2.71 bits per heavy atom. The highest BCUT2D eigenvalue weighted by molar-refractivity contribution is 7.99. The Kier molecular flexibility index (Phi) is 5.29. The summed E-state index contributed by atoms with van der Waals surface area (Å²) in [5.74, 6) is 0.888. The van der Waals surface area contributed by atoms with E-state index in [1.807, 2.05) is 12.1 Å². The molecule has 110 valence electrons. The van der Waals surface area contributed by atoms with E-state index in [0.29, 0.717) is 17.1 Å². The minimum absolute atomic E-state index is 0.417. The fourth-order valence-corrected chi connectivity index (χ4v) is 3.71. The topological polar surface area (TPSA) is 67.6 Å². The second kappa shape index (κ2) is 6.99. The van der Waals surface area contributed by atoms with Crippen LogP contribution in [0.5, 0.6) is 0 Å². The SMILES string of the molecule is CCc1nc(CN)n(CC)c1Sc1cc(Cl)cc(C#N)c1. The van der Waals surface area contributed by atoms with Crippen LogP contribution in [-0.4, -0.2) is 9.55 Å². The molecule has 0 atom stereocenters. The number of nitrogens with two attached hydrogens (primary N) is 1. The standard InChI is InChI=1S/C15H17ClN4S/c1-3-13-15(20(4-2)14(9-18)19-13)21-12-6-10(8-17)5-11(16)7-12/h5-7H,3-4,9,18H2,1-2H3. The minimum atomic E-state index is 0.417. The number of halogens is 1. The maximum atomic E-state index is 9.04. The van der Waals surface area contributed by atoms with E-state index in [1.54, 1.807) is 17.8 Å². The first-order chi connectivity index (χ1) is 10.1. The number of aryl methyl sites for hydroxylation is 1. The van der Waals surface area contributed by atoms with Gasteiger partial charge >= 0.3 is 0 Å². The summed E-state index contributed by atoms with van der Waals surface area (Å²) < 4.78 is 2.12. The van der Waals surface area contributed by atoms with Crippen LogP contribution in [0.3, 0.4) is 0 Å². The van der Waals surface area contributed by atoms with E-state index in [1.165, 1.54) is 0 Å². The molecule has 1 heterocycles. The van der Waals surface area contributed by atoms with Crippen molar-refractivity contribution in [3.63, 3.8) is 0 Å². The maximum absolute atomic E-state index is 9.04. The summed E-state index contributed by atoms with van der Waals surface area (Å²) in [6, 6.07) is 7.49. The lowest BCUT2D eigenvalue weighted by Crippen LogP contribution is -2.07. The normalized spacial score (nSPS) is 10.6. The highest BCUT2D eigenvalue weighted by atomic mass is 35.5. The Bertz CT molecular complexity index is 688. The van der Waals surface area contributed by atoms with Crippen LogP contribution in [0, 0.1) is 11.3 Å². The van der Waals surface area contributed by atoms with Crippen molar-refractivity contribution in [2.75, 3.05) is 0 Å². The summed E-state index contributed by atoms with van der Waals surface area (Å²) in [6.45, 7) is 5.38. The van der Waals surface area contributed by atoms with Crippen molar-refractivity contribution in [1.82, 2.24) is 9.55 Å². The third kappa shape index (κ3) is 3.41. The van der Waals surface area contributed by atoms with Gasteiger partial charge < -0.3 is 10.3 Å². The van der Waals surface area contributed by atoms with Gasteiger partial charge in [0.2, 0.25) is 0 Å². The molecule has 2 aromatic rings. The summed E-state index contributed by atoms with van der Waals surface area (Å²) in [6.07, 6.45) is 0.841. The first-order valence-electron chi connectivity index (χ1n) is 6.79. The van der Waals surface area contributed by atoms with Gasteiger partial charge in [-0.15, -0.1) is 0 Å². The summed E-state index contributed by atoms with van der Waals surface area (Å²) in [5.41, 5.74) is 7.36. The molecule has 0 aliphatic rings. The van der Waals surface area contributed by atoms with E-state index in [4.69, 9.17) is 22.6 Å². The van der Waals surface area contributed by atoms with Gasteiger partial charge in [-0.25, -0.2) is 4.98 Å². The molecule has 21 heavy (non-hydrogen) atoms. The maximum Gasteiger partial charge on any atom is 0.123 e. The minimum Gasteiger partial charge on any atom is -0.324 e. The number of aromatic nitrogens is 2. The molecular weight excluding hydrogens is 304 g/mol. The van der Waals surface area contributed by atoms with E-state index in [9.17, 15) is 0 Å². The third-order valence-corrected chi connectivity index (χ3v) is 4.46. The van der Waals surface area contributed by atoms with Crippen LogP contribution in [0.1, 0.15) is 30.9 Å². The number of hydrogen-bond acceptors (Lipinski definition) is 4. The fraction of sp³-hybridized carbons (Fsp3) is 0.333. The van der Waals surface area contributed by atoms with Gasteiger partial charge in [0, 0.05) is 16.5 Å². The van der Waals surface area contributed by atoms with Gasteiger partial charge in [-0.3, -0.25) is 0 Å². The average molecular weight is 321 g/mol. The van der Waals surface area contributed by atoms with Crippen molar-refractivity contribution in [3.05, 3.63) is 40.3 Å². The summed E-state index contributed by atoms with van der Waals surface area (Å²) in [4.78, 5) is 5.54. The molecule has 0 saturated heterocycles. The number of nitrogens with zero attached hydrogens (tertiary/aromatic N) is 3. The molecule has 4 nitrogen and oxygen atoms in total. The molecule has 0 fully saturated rings. The lowest BCUT2D eigenvalue weighted by molar-refractivity contribution is 0.648. The molecule has 0 saturated carbocycles. The van der Waals surface area contributed by atoms with Crippen LogP contribution in [-0.2, 0) is 19.5 Å². The Morgan fingerprint density at radius 2 is 2.14 bits per heavy atom. The summed E-state index contributed by atoms with van der Waals surface area (Å²) >= 11 is 7.65. The van der Waals surface area contributed by atoms with Crippen molar-refractivity contribution in [1.29, 1.82) is 5.26 Å². The van der Waals surface area contributed by atoms with Crippen molar-refractivity contribution in [3.8, 4) is 6.07 Å². The van der Waals surface area contributed by atoms with Gasteiger partial charge in [0.1, 0.15) is 10.9 Å². The smallest absolute Gasteiger partial charge is 0.123 e. The van der Waals surface area contributed by atoms with E-state index >= 15 is 0 Å². The van der Waals surface area contributed by atoms with Gasteiger partial charge in [0.25, 0.3) is 0 Å². The molecule has 0 aliphatic heterocycles. The quantitative estimate of drug-likeness (QED) is 0.914. The molecule has 2 N–H and O–H groups in total. The number of imidazole rings is 1. The van der Waals surface area contributed by atoms with E-state index in [0.717, 1.165) is 34.4 Å². The van der Waals surface area contributed by atoms with Crippen molar-refractivity contribution in [2.45, 2.75) is 43.3 Å². The number of nitriles is 1. The first-order valence-corrected chi connectivity index (χ1v) is 7.99. The largest absolute Gasteiger partial charge is 0.324 e. The molecule has 0 spiro atoms. The zero-order chi connectivity index (χ0) is 15.4. The molecular formula is C15H17ClN4S. The van der Waals surface area contributed by atoms with E-state index < -0.39 is 0 Å². The zero-order valence-corrected chi connectivity index (χ0v) is 13.6. The molecule has 2 rings (SSSR count). The lowest BCUT2D eigenvalue weighted by atomic mass is 10.2. The predicted octanol–water partition coefficient (Wildman–Crippen LogP) is 3.60. The predicted molar refractivity (Wildman–Crippen MR) is 85.5 cm³/mol. The highest BCUT2D eigenvalue weighted by Gasteiger charge is 2.15. The van der Waals surface area contributed by atoms with E-state index in [2.05, 4.69) is 29.5 Å². The van der Waals surface area contributed by atoms with Crippen LogP contribution >= 0.6 is 23.4 Å². The zero-order valence-electron chi connectivity index (χ0n) is 12.1. The van der Waals surface area contributed by atoms with Crippen LogP contribution in [0.25, 0.3) is 0 Å². The van der Waals surface area contributed by atoms with Crippen LogP contribution in [0.15, 0.2) is 28.1 Å². The molecule has 0 radical (unpaired) electrons. The second-order valence-electron chi connectivity index (χ2n) is 4.47. The molecule has 0 unspecified atom stereocenters. The Morgan fingerprint density at radius 1 is 1.38 bits per heavy atom. The summed E-state index contributed by atoms with van der Waals surface area (Å²) in [7, 11) is 0. The van der Waals surface area contributed by atoms with Crippen molar-refractivity contribution >= 4 is 23.4 Å². The van der Waals surface area contributed by atoms with Gasteiger partial charge in [0.05, 0.1) is 23.9 Å². The molecule has 1 aromatic heterocycles. The van der Waals surface area contributed by atoms with Crippen molar-refractivity contribution < 1.29 is 0 Å². The van der Waals surface area contributed by atoms with Gasteiger partial charge in [-0.2, -0.15) is 5.26 Å². The molecule has 6 heteroatoms. The molecule has 0 amide bonds. The monoisotopic (exact) mass is 320 g/mol. The molecule has 0 aliphatic carbocycles. The number of benzene rings is 1. The third-order valence-electron chi connectivity index (χ3n) is 3.12. The first kappa shape index (κ1) is 15.9. The van der Waals surface area contributed by atoms with Crippen LogP contribution in [0.2, 0.25) is 5.02 Å². The Balaban J connectivity index is 2.46. The van der Waals surface area contributed by atoms with Gasteiger partial charge in [-0.05, 0) is 31.5 Å². The average Bonchev–Trinajstić information content (AvgIpc) is 2.83. The summed E-state index contributed by atoms with van der Waals surface area (Å²) in [5, 5.41) is 10.7. The second-order valence-corrected chi connectivity index (χ2v) is 5.97. The number of hydrogen-bond donors (Lipinski definition) is 1. The molecule has 1 aromatic carbocycles. The Labute approximate surface area is 133 Å². The van der Waals surface area contributed by atoms with Crippen LogP contribution in [0.4, 0.5) is 0 Å².